The van der Waals surface area contributed by atoms with Crippen molar-refractivity contribution in [3.8, 4) is 0 Å². The zero-order valence-electron chi connectivity index (χ0n) is 22.7. The molecule has 8 heteroatoms. The van der Waals surface area contributed by atoms with Crippen molar-refractivity contribution in [3.05, 3.63) is 41.5 Å². The summed E-state index contributed by atoms with van der Waals surface area (Å²) in [5.41, 5.74) is 3.89. The van der Waals surface area contributed by atoms with Crippen LogP contribution in [0.25, 0.3) is 6.08 Å². The summed E-state index contributed by atoms with van der Waals surface area (Å²) in [6.07, 6.45) is 6.68. The standard InChI is InChI=1S/C28H44N2O6/c1-20(2)18-33-21(3)36-30-26(31)16-15-22-11-13-23(14-12-22)17-29-25(19-34-28(4,5)6)27(32)35-24-9-7-8-10-24/h11-16,20-21,24-25,29H,7-10,17-19H2,1-6H3,(H,30,31)/b16-15+. The molecule has 1 aromatic carbocycles. The maximum Gasteiger partial charge on any atom is 0.325 e. The van der Waals surface area contributed by atoms with Crippen LogP contribution in [0.1, 0.15) is 78.4 Å². The van der Waals surface area contributed by atoms with Gasteiger partial charge in [0.1, 0.15) is 12.1 Å². The third-order valence-corrected chi connectivity index (χ3v) is 5.50. The average molecular weight is 505 g/mol. The number of amides is 1. The number of carbonyl (C=O) groups is 2. The molecule has 1 aromatic rings. The van der Waals surface area contributed by atoms with Crippen molar-refractivity contribution in [1.29, 1.82) is 0 Å². The smallest absolute Gasteiger partial charge is 0.325 e. The number of carbonyl (C=O) groups excluding carboxylic acids is 2. The van der Waals surface area contributed by atoms with Gasteiger partial charge in [-0.1, -0.05) is 38.1 Å². The third-order valence-electron chi connectivity index (χ3n) is 5.50. The normalized spacial score (nSPS) is 16.4. The molecule has 0 heterocycles. The minimum atomic E-state index is -0.542. The van der Waals surface area contributed by atoms with Gasteiger partial charge in [0.15, 0.2) is 6.29 Å². The molecule has 0 aromatic heterocycles. The fraction of sp³-hybridized carbons (Fsp3) is 0.643. The number of benzene rings is 1. The zero-order valence-corrected chi connectivity index (χ0v) is 22.7. The highest BCUT2D eigenvalue weighted by molar-refractivity contribution is 5.90. The van der Waals surface area contributed by atoms with E-state index < -0.39 is 12.3 Å². The SMILES string of the molecule is CC(C)COC(C)ONC(=O)/C=C/c1ccc(CNC(COC(C)(C)C)C(=O)OC2CCCC2)cc1. The monoisotopic (exact) mass is 504 g/mol. The Labute approximate surface area is 216 Å². The van der Waals surface area contributed by atoms with Crippen LogP contribution in [0.2, 0.25) is 0 Å². The molecule has 0 saturated heterocycles. The van der Waals surface area contributed by atoms with E-state index in [1.54, 1.807) is 13.0 Å². The highest BCUT2D eigenvalue weighted by atomic mass is 16.8. The molecule has 202 valence electrons. The predicted molar refractivity (Wildman–Crippen MR) is 140 cm³/mol. The van der Waals surface area contributed by atoms with Gasteiger partial charge in [0, 0.05) is 12.6 Å². The molecule has 1 saturated carbocycles. The van der Waals surface area contributed by atoms with Gasteiger partial charge in [-0.05, 0) is 76.5 Å². The fourth-order valence-electron chi connectivity index (χ4n) is 3.49. The Morgan fingerprint density at radius 2 is 1.72 bits per heavy atom. The number of hydroxylamine groups is 1. The van der Waals surface area contributed by atoms with Gasteiger partial charge in [-0.2, -0.15) is 0 Å². The van der Waals surface area contributed by atoms with Crippen molar-refractivity contribution >= 4 is 18.0 Å². The minimum Gasteiger partial charge on any atom is -0.461 e. The Balaban J connectivity index is 1.83. The Morgan fingerprint density at radius 1 is 1.06 bits per heavy atom. The van der Waals surface area contributed by atoms with E-state index in [-0.39, 0.29) is 30.2 Å². The molecule has 8 nitrogen and oxygen atoms in total. The molecule has 1 fully saturated rings. The van der Waals surface area contributed by atoms with Crippen LogP contribution in [0.4, 0.5) is 0 Å². The maximum atomic E-state index is 12.8. The number of ether oxygens (including phenoxy) is 3. The van der Waals surface area contributed by atoms with Crippen LogP contribution in [-0.4, -0.2) is 49.1 Å². The Hall–Kier alpha value is -2.26. The number of rotatable bonds is 14. The van der Waals surface area contributed by atoms with Crippen LogP contribution < -0.4 is 10.8 Å². The molecule has 0 bridgehead atoms. The summed E-state index contributed by atoms with van der Waals surface area (Å²) in [6, 6.07) is 7.18. The Kier molecular flexibility index (Phi) is 12.6. The third kappa shape index (κ3) is 12.6. The highest BCUT2D eigenvalue weighted by Crippen LogP contribution is 2.21. The number of hydrogen-bond acceptors (Lipinski definition) is 7. The average Bonchev–Trinajstić information content (AvgIpc) is 3.33. The van der Waals surface area contributed by atoms with E-state index in [0.717, 1.165) is 36.8 Å². The second-order valence-corrected chi connectivity index (χ2v) is 10.7. The van der Waals surface area contributed by atoms with Crippen LogP contribution in [-0.2, 0) is 35.2 Å². The van der Waals surface area contributed by atoms with Crippen molar-refractivity contribution in [3.63, 3.8) is 0 Å². The van der Waals surface area contributed by atoms with Gasteiger partial charge in [0.2, 0.25) is 0 Å². The summed E-state index contributed by atoms with van der Waals surface area (Å²) < 4.78 is 17.0. The van der Waals surface area contributed by atoms with E-state index in [9.17, 15) is 9.59 Å². The lowest BCUT2D eigenvalue weighted by Crippen LogP contribution is -2.44. The van der Waals surface area contributed by atoms with E-state index >= 15 is 0 Å². The second-order valence-electron chi connectivity index (χ2n) is 10.7. The van der Waals surface area contributed by atoms with Gasteiger partial charge in [0.05, 0.1) is 18.8 Å². The molecule has 0 spiro atoms. The minimum absolute atomic E-state index is 0.0147. The van der Waals surface area contributed by atoms with E-state index in [0.29, 0.717) is 19.1 Å². The van der Waals surface area contributed by atoms with Gasteiger partial charge in [0.25, 0.3) is 5.91 Å². The van der Waals surface area contributed by atoms with E-state index in [1.165, 1.54) is 6.08 Å². The summed E-state index contributed by atoms with van der Waals surface area (Å²) in [5.74, 6) is -0.246. The van der Waals surface area contributed by atoms with Gasteiger partial charge in [-0.25, -0.2) is 10.3 Å². The van der Waals surface area contributed by atoms with Crippen LogP contribution >= 0.6 is 0 Å². The second kappa shape index (κ2) is 15.1. The van der Waals surface area contributed by atoms with Crippen molar-refractivity contribution < 1.29 is 28.6 Å². The lowest BCUT2D eigenvalue weighted by molar-refractivity contribution is -0.180. The first-order chi connectivity index (χ1) is 17.0. The number of nitrogens with one attached hydrogen (secondary N) is 2. The molecular weight excluding hydrogens is 460 g/mol. The predicted octanol–water partition coefficient (Wildman–Crippen LogP) is 4.53. The number of hydrogen-bond donors (Lipinski definition) is 2. The molecular formula is C28H44N2O6. The molecule has 2 N–H and O–H groups in total. The van der Waals surface area contributed by atoms with Gasteiger partial charge in [-0.3, -0.25) is 14.9 Å². The quantitative estimate of drug-likeness (QED) is 0.166. The fourth-order valence-corrected chi connectivity index (χ4v) is 3.49. The summed E-state index contributed by atoms with van der Waals surface area (Å²) in [5, 5.41) is 3.29. The Morgan fingerprint density at radius 3 is 2.33 bits per heavy atom. The molecule has 1 aliphatic carbocycles. The molecule has 2 unspecified atom stereocenters. The topological polar surface area (TPSA) is 95.1 Å². The zero-order chi connectivity index (χ0) is 26.6. The molecule has 2 atom stereocenters. The van der Waals surface area contributed by atoms with E-state index in [2.05, 4.69) is 10.8 Å². The van der Waals surface area contributed by atoms with E-state index in [4.69, 9.17) is 19.0 Å². The van der Waals surface area contributed by atoms with Crippen molar-refractivity contribution in [2.75, 3.05) is 13.2 Å². The molecule has 2 rings (SSSR count). The maximum absolute atomic E-state index is 12.8. The van der Waals surface area contributed by atoms with Crippen LogP contribution in [0.5, 0.6) is 0 Å². The van der Waals surface area contributed by atoms with Crippen molar-refractivity contribution in [1.82, 2.24) is 10.8 Å². The van der Waals surface area contributed by atoms with Crippen LogP contribution in [0, 0.1) is 5.92 Å². The van der Waals surface area contributed by atoms with Crippen LogP contribution in [0.3, 0.4) is 0 Å². The first kappa shape index (κ1) is 30.0. The summed E-state index contributed by atoms with van der Waals surface area (Å²) in [6.45, 7) is 13.0. The molecule has 1 amide bonds. The molecule has 0 aliphatic heterocycles. The lowest BCUT2D eigenvalue weighted by atomic mass is 10.1. The Bertz CT molecular complexity index is 825. The summed E-state index contributed by atoms with van der Waals surface area (Å²) in [7, 11) is 0. The first-order valence-corrected chi connectivity index (χ1v) is 12.9. The molecule has 1 aliphatic rings. The van der Waals surface area contributed by atoms with E-state index in [1.807, 2.05) is 58.9 Å². The largest absolute Gasteiger partial charge is 0.461 e. The van der Waals surface area contributed by atoms with Crippen molar-refractivity contribution in [2.24, 2.45) is 5.92 Å². The van der Waals surface area contributed by atoms with Gasteiger partial charge >= 0.3 is 5.97 Å². The van der Waals surface area contributed by atoms with Crippen LogP contribution in [0.15, 0.2) is 30.3 Å². The number of esters is 1. The highest BCUT2D eigenvalue weighted by Gasteiger charge is 2.27. The summed E-state index contributed by atoms with van der Waals surface area (Å²) in [4.78, 5) is 29.9. The van der Waals surface area contributed by atoms with Gasteiger partial charge in [-0.15, -0.1) is 0 Å². The van der Waals surface area contributed by atoms with Crippen molar-refractivity contribution in [2.45, 2.75) is 97.8 Å². The van der Waals surface area contributed by atoms with Gasteiger partial charge < -0.3 is 14.2 Å². The first-order valence-electron chi connectivity index (χ1n) is 12.9. The summed E-state index contributed by atoms with van der Waals surface area (Å²) >= 11 is 0. The molecule has 36 heavy (non-hydrogen) atoms. The molecule has 0 radical (unpaired) electrons. The lowest BCUT2D eigenvalue weighted by Gasteiger charge is -2.25.